The second-order valence-electron chi connectivity index (χ2n) is 6.30. The van der Waals surface area contributed by atoms with Crippen molar-refractivity contribution in [3.05, 3.63) is 42.1 Å². The van der Waals surface area contributed by atoms with Crippen molar-refractivity contribution in [2.75, 3.05) is 37.5 Å². The van der Waals surface area contributed by atoms with Gasteiger partial charge in [0.15, 0.2) is 0 Å². The van der Waals surface area contributed by atoms with E-state index in [-0.39, 0.29) is 5.91 Å². The number of ether oxygens (including phenoxy) is 2. The molecule has 1 N–H and O–H groups in total. The second kappa shape index (κ2) is 8.56. The van der Waals surface area contributed by atoms with Gasteiger partial charge < -0.3 is 19.7 Å². The molecule has 138 valence electrons. The van der Waals surface area contributed by atoms with E-state index < -0.39 is 0 Å². The van der Waals surface area contributed by atoms with Crippen LogP contribution < -0.4 is 19.7 Å². The Balaban J connectivity index is 1.77. The average molecular weight is 355 g/mol. The Morgan fingerprint density at radius 1 is 1.04 bits per heavy atom. The number of amides is 1. The zero-order valence-corrected chi connectivity index (χ0v) is 15.3. The third-order valence-electron chi connectivity index (χ3n) is 4.55. The molecule has 0 bridgehead atoms. The van der Waals surface area contributed by atoms with Gasteiger partial charge >= 0.3 is 0 Å². The van der Waals surface area contributed by atoms with Crippen molar-refractivity contribution in [1.82, 2.24) is 4.98 Å². The fourth-order valence-electron chi connectivity index (χ4n) is 3.11. The fourth-order valence-corrected chi connectivity index (χ4v) is 3.11. The molecule has 6 heteroatoms. The van der Waals surface area contributed by atoms with Gasteiger partial charge in [-0.3, -0.25) is 4.79 Å². The molecule has 2 heterocycles. The molecular formula is C20H25N3O3. The van der Waals surface area contributed by atoms with E-state index in [0.717, 1.165) is 18.9 Å². The molecule has 1 saturated heterocycles. The van der Waals surface area contributed by atoms with Crippen LogP contribution in [0.2, 0.25) is 0 Å². The van der Waals surface area contributed by atoms with E-state index in [9.17, 15) is 4.79 Å². The minimum Gasteiger partial charge on any atom is -0.497 e. The van der Waals surface area contributed by atoms with Crippen LogP contribution in [-0.4, -0.2) is 38.2 Å². The van der Waals surface area contributed by atoms with Gasteiger partial charge in [-0.1, -0.05) is 18.9 Å². The number of hydrogen-bond donors (Lipinski definition) is 1. The van der Waals surface area contributed by atoms with Crippen molar-refractivity contribution in [2.24, 2.45) is 0 Å². The minimum atomic E-state index is -0.259. The molecule has 1 aromatic carbocycles. The molecule has 3 rings (SSSR count). The zero-order valence-electron chi connectivity index (χ0n) is 15.3. The summed E-state index contributed by atoms with van der Waals surface area (Å²) < 4.78 is 10.5. The Morgan fingerprint density at radius 3 is 2.50 bits per heavy atom. The molecule has 1 aliphatic heterocycles. The molecule has 0 unspecified atom stereocenters. The molecule has 1 amide bonds. The number of pyridine rings is 1. The maximum absolute atomic E-state index is 12.7. The highest BCUT2D eigenvalue weighted by molar-refractivity contribution is 6.04. The number of hydrogen-bond acceptors (Lipinski definition) is 5. The van der Waals surface area contributed by atoms with E-state index in [4.69, 9.17) is 9.47 Å². The second-order valence-corrected chi connectivity index (χ2v) is 6.30. The van der Waals surface area contributed by atoms with Crippen molar-refractivity contribution in [1.29, 1.82) is 0 Å². The van der Waals surface area contributed by atoms with E-state index in [1.807, 2.05) is 12.1 Å². The van der Waals surface area contributed by atoms with E-state index in [1.54, 1.807) is 38.5 Å². The first-order valence-electron chi connectivity index (χ1n) is 8.96. The topological polar surface area (TPSA) is 63.7 Å². The highest BCUT2D eigenvalue weighted by Gasteiger charge is 2.15. The number of carbonyl (C=O) groups is 1. The molecule has 0 atom stereocenters. The molecule has 1 aromatic heterocycles. The Morgan fingerprint density at radius 2 is 1.81 bits per heavy atom. The normalized spacial score (nSPS) is 14.5. The van der Waals surface area contributed by atoms with Crippen LogP contribution in [0.3, 0.4) is 0 Å². The van der Waals surface area contributed by atoms with Crippen LogP contribution in [0, 0.1) is 0 Å². The smallest absolute Gasteiger partial charge is 0.274 e. The first-order chi connectivity index (χ1) is 12.7. The van der Waals surface area contributed by atoms with Gasteiger partial charge in [0.25, 0.3) is 5.91 Å². The molecule has 1 fully saturated rings. The van der Waals surface area contributed by atoms with Crippen LogP contribution >= 0.6 is 0 Å². The van der Waals surface area contributed by atoms with Gasteiger partial charge in [0.05, 0.1) is 19.9 Å². The third-order valence-corrected chi connectivity index (χ3v) is 4.55. The lowest BCUT2D eigenvalue weighted by atomic mass is 10.2. The van der Waals surface area contributed by atoms with Crippen molar-refractivity contribution in [2.45, 2.75) is 25.7 Å². The molecule has 2 aromatic rings. The molecular weight excluding hydrogens is 330 g/mol. The summed E-state index contributed by atoms with van der Waals surface area (Å²) in [5, 5.41) is 2.87. The number of rotatable bonds is 5. The third kappa shape index (κ3) is 4.25. The average Bonchev–Trinajstić information content (AvgIpc) is 2.98. The number of nitrogens with zero attached hydrogens (tertiary/aromatic N) is 2. The van der Waals surface area contributed by atoms with Gasteiger partial charge in [-0.05, 0) is 37.1 Å². The summed E-state index contributed by atoms with van der Waals surface area (Å²) in [5.74, 6) is 1.81. The van der Waals surface area contributed by atoms with Crippen LogP contribution in [0.25, 0.3) is 0 Å². The lowest BCUT2D eigenvalue weighted by Crippen LogP contribution is -2.26. The predicted octanol–water partition coefficient (Wildman–Crippen LogP) is 3.73. The van der Waals surface area contributed by atoms with Gasteiger partial charge in [-0.15, -0.1) is 0 Å². The monoisotopic (exact) mass is 355 g/mol. The Kier molecular flexibility index (Phi) is 5.94. The summed E-state index contributed by atoms with van der Waals surface area (Å²) in [4.78, 5) is 19.5. The van der Waals surface area contributed by atoms with Crippen molar-refractivity contribution < 1.29 is 14.3 Å². The number of anilines is 2. The van der Waals surface area contributed by atoms with E-state index in [2.05, 4.69) is 15.2 Å². The van der Waals surface area contributed by atoms with Gasteiger partial charge in [0.2, 0.25) is 0 Å². The summed E-state index contributed by atoms with van der Waals surface area (Å²) in [5.41, 5.74) is 0.977. The SMILES string of the molecule is COc1ccc(NC(=O)c2cccc(N3CCCCCC3)n2)c(OC)c1. The number of nitrogens with one attached hydrogen (secondary N) is 1. The largest absolute Gasteiger partial charge is 0.497 e. The zero-order chi connectivity index (χ0) is 18.4. The first-order valence-corrected chi connectivity index (χ1v) is 8.96. The molecule has 0 radical (unpaired) electrons. The lowest BCUT2D eigenvalue weighted by molar-refractivity contribution is 0.102. The number of aromatic nitrogens is 1. The summed E-state index contributed by atoms with van der Waals surface area (Å²) in [7, 11) is 3.15. The van der Waals surface area contributed by atoms with Gasteiger partial charge in [-0.25, -0.2) is 4.98 Å². The Labute approximate surface area is 154 Å². The molecule has 26 heavy (non-hydrogen) atoms. The maximum atomic E-state index is 12.7. The summed E-state index contributed by atoms with van der Waals surface area (Å²) in [6.45, 7) is 1.98. The van der Waals surface area contributed by atoms with Gasteiger partial charge in [-0.2, -0.15) is 0 Å². The highest BCUT2D eigenvalue weighted by Crippen LogP contribution is 2.29. The number of methoxy groups -OCH3 is 2. The van der Waals surface area contributed by atoms with Crippen molar-refractivity contribution in [3.8, 4) is 11.5 Å². The first kappa shape index (κ1) is 18.0. The summed E-state index contributed by atoms with van der Waals surface area (Å²) in [6.07, 6.45) is 4.85. The maximum Gasteiger partial charge on any atom is 0.274 e. The van der Waals surface area contributed by atoms with Crippen LogP contribution in [0.4, 0.5) is 11.5 Å². The Bertz CT molecular complexity index is 756. The number of benzene rings is 1. The minimum absolute atomic E-state index is 0.259. The summed E-state index contributed by atoms with van der Waals surface area (Å²) in [6, 6.07) is 10.8. The quantitative estimate of drug-likeness (QED) is 0.885. The van der Waals surface area contributed by atoms with E-state index in [0.29, 0.717) is 22.9 Å². The fraction of sp³-hybridized carbons (Fsp3) is 0.400. The van der Waals surface area contributed by atoms with E-state index in [1.165, 1.54) is 25.7 Å². The van der Waals surface area contributed by atoms with Crippen LogP contribution in [0.1, 0.15) is 36.2 Å². The Hall–Kier alpha value is -2.76. The van der Waals surface area contributed by atoms with Gasteiger partial charge in [0.1, 0.15) is 23.0 Å². The van der Waals surface area contributed by atoms with Crippen LogP contribution in [0.5, 0.6) is 11.5 Å². The van der Waals surface area contributed by atoms with Crippen LogP contribution in [0.15, 0.2) is 36.4 Å². The van der Waals surface area contributed by atoms with Crippen molar-refractivity contribution >= 4 is 17.4 Å². The van der Waals surface area contributed by atoms with Crippen molar-refractivity contribution in [3.63, 3.8) is 0 Å². The lowest BCUT2D eigenvalue weighted by Gasteiger charge is -2.21. The molecule has 0 spiro atoms. The number of carbonyl (C=O) groups excluding carboxylic acids is 1. The highest BCUT2D eigenvalue weighted by atomic mass is 16.5. The van der Waals surface area contributed by atoms with E-state index >= 15 is 0 Å². The summed E-state index contributed by atoms with van der Waals surface area (Å²) >= 11 is 0. The van der Waals surface area contributed by atoms with Crippen LogP contribution in [-0.2, 0) is 0 Å². The van der Waals surface area contributed by atoms with Gasteiger partial charge in [0, 0.05) is 19.2 Å². The predicted molar refractivity (Wildman–Crippen MR) is 102 cm³/mol. The standard InChI is InChI=1S/C20H25N3O3/c1-25-15-10-11-16(18(14-15)26-2)22-20(24)17-8-7-9-19(21-17)23-12-5-3-4-6-13-23/h7-11,14H,3-6,12-13H2,1-2H3,(H,22,24). The molecule has 0 saturated carbocycles. The molecule has 0 aliphatic carbocycles. The molecule has 1 aliphatic rings. The molecule has 6 nitrogen and oxygen atoms in total.